The molecule has 0 spiro atoms. The summed E-state index contributed by atoms with van der Waals surface area (Å²) in [5.74, 6) is 0. The minimum Gasteiger partial charge on any atom is -0.392 e. The fourth-order valence-corrected chi connectivity index (χ4v) is 1.78. The fraction of sp³-hybridized carbons (Fsp3) is 0.455. The molecule has 5 heteroatoms. The number of sulfonamides is 1. The minimum absolute atomic E-state index is 0.106. The van der Waals surface area contributed by atoms with Gasteiger partial charge in [-0.2, -0.15) is 0 Å². The van der Waals surface area contributed by atoms with Gasteiger partial charge in [0.15, 0.2) is 0 Å². The van der Waals surface area contributed by atoms with Crippen molar-refractivity contribution < 1.29 is 13.5 Å². The first-order chi connectivity index (χ1) is 7.26. The van der Waals surface area contributed by atoms with Gasteiger partial charge in [-0.25, -0.2) is 8.42 Å². The van der Waals surface area contributed by atoms with Crippen LogP contribution in [0, 0.1) is 0 Å². The predicted molar refractivity (Wildman–Crippen MR) is 64.7 cm³/mol. The molecular weight excluding hydrogens is 226 g/mol. The molecule has 0 fully saturated rings. The molecule has 0 aliphatic carbocycles. The number of hydrogen-bond donors (Lipinski definition) is 2. The number of nitrogens with one attached hydrogen (secondary N) is 1. The molecule has 0 aromatic heterocycles. The quantitative estimate of drug-likeness (QED) is 0.849. The molecule has 90 valence electrons. The Balaban J connectivity index is 2.97. The SMILES string of the molecule is CC(C)(C)S(=O)(=O)Nc1cccc(CO)c1. The number of benzene rings is 1. The van der Waals surface area contributed by atoms with Crippen LogP contribution in [0.25, 0.3) is 0 Å². The maximum absolute atomic E-state index is 11.8. The first kappa shape index (κ1) is 13.0. The average Bonchev–Trinajstić information content (AvgIpc) is 2.15. The predicted octanol–water partition coefficient (Wildman–Crippen LogP) is 1.72. The zero-order valence-corrected chi connectivity index (χ0v) is 10.5. The van der Waals surface area contributed by atoms with Crippen molar-refractivity contribution in [2.75, 3.05) is 4.72 Å². The molecule has 2 N–H and O–H groups in total. The molecule has 0 bridgehead atoms. The number of aliphatic hydroxyl groups excluding tert-OH is 1. The summed E-state index contributed by atoms with van der Waals surface area (Å²) in [6.07, 6.45) is 0. The van der Waals surface area contributed by atoms with Gasteiger partial charge in [0.25, 0.3) is 0 Å². The van der Waals surface area contributed by atoms with Gasteiger partial charge in [0.1, 0.15) is 0 Å². The summed E-state index contributed by atoms with van der Waals surface area (Å²) in [7, 11) is -3.41. The molecule has 0 aliphatic heterocycles. The van der Waals surface area contributed by atoms with E-state index in [0.29, 0.717) is 11.3 Å². The number of rotatable bonds is 3. The molecule has 0 atom stereocenters. The van der Waals surface area contributed by atoms with E-state index < -0.39 is 14.8 Å². The Morgan fingerprint density at radius 2 is 1.94 bits per heavy atom. The molecular formula is C11H17NO3S. The Morgan fingerprint density at radius 3 is 2.44 bits per heavy atom. The molecule has 1 rings (SSSR count). The highest BCUT2D eigenvalue weighted by Gasteiger charge is 2.28. The van der Waals surface area contributed by atoms with E-state index in [4.69, 9.17) is 5.11 Å². The van der Waals surface area contributed by atoms with Crippen molar-refractivity contribution in [1.29, 1.82) is 0 Å². The van der Waals surface area contributed by atoms with E-state index in [9.17, 15) is 8.42 Å². The second-order valence-corrected chi connectivity index (χ2v) is 7.01. The molecule has 0 heterocycles. The molecule has 16 heavy (non-hydrogen) atoms. The molecule has 0 aliphatic rings. The van der Waals surface area contributed by atoms with Crippen LogP contribution < -0.4 is 4.72 Å². The summed E-state index contributed by atoms with van der Waals surface area (Å²) in [5.41, 5.74) is 1.15. The highest BCUT2D eigenvalue weighted by atomic mass is 32.2. The largest absolute Gasteiger partial charge is 0.392 e. The van der Waals surface area contributed by atoms with E-state index in [1.807, 2.05) is 0 Å². The Hall–Kier alpha value is -1.07. The Bertz CT molecular complexity index is 460. The van der Waals surface area contributed by atoms with Crippen molar-refractivity contribution in [3.8, 4) is 0 Å². The third-order valence-corrected chi connectivity index (χ3v) is 4.28. The van der Waals surface area contributed by atoms with Gasteiger partial charge in [0.2, 0.25) is 10.0 Å². The van der Waals surface area contributed by atoms with E-state index in [1.165, 1.54) is 0 Å². The Labute approximate surface area is 96.4 Å². The number of anilines is 1. The normalized spacial score (nSPS) is 12.5. The minimum atomic E-state index is -3.41. The smallest absolute Gasteiger partial charge is 0.237 e. The third kappa shape index (κ3) is 2.96. The molecule has 1 aromatic carbocycles. The summed E-state index contributed by atoms with van der Waals surface area (Å²) in [6.45, 7) is 4.78. The molecule has 0 saturated heterocycles. The van der Waals surface area contributed by atoms with Crippen molar-refractivity contribution in [2.45, 2.75) is 32.1 Å². The van der Waals surface area contributed by atoms with Crippen LogP contribution >= 0.6 is 0 Å². The van der Waals surface area contributed by atoms with Crippen molar-refractivity contribution >= 4 is 15.7 Å². The lowest BCUT2D eigenvalue weighted by Crippen LogP contribution is -2.33. The Morgan fingerprint density at radius 1 is 1.31 bits per heavy atom. The molecule has 0 unspecified atom stereocenters. The van der Waals surface area contributed by atoms with Crippen LogP contribution in [0.5, 0.6) is 0 Å². The van der Waals surface area contributed by atoms with Gasteiger partial charge in [0, 0.05) is 5.69 Å². The molecule has 1 aromatic rings. The molecule has 0 saturated carbocycles. The molecule has 0 amide bonds. The summed E-state index contributed by atoms with van der Waals surface area (Å²) in [5, 5.41) is 8.94. The van der Waals surface area contributed by atoms with Crippen molar-refractivity contribution in [3.05, 3.63) is 29.8 Å². The summed E-state index contributed by atoms with van der Waals surface area (Å²) in [6, 6.07) is 6.70. The highest BCUT2D eigenvalue weighted by Crippen LogP contribution is 2.20. The van der Waals surface area contributed by atoms with Crippen LogP contribution in [0.3, 0.4) is 0 Å². The highest BCUT2D eigenvalue weighted by molar-refractivity contribution is 7.94. The van der Waals surface area contributed by atoms with E-state index in [2.05, 4.69) is 4.72 Å². The Kier molecular flexibility index (Phi) is 3.60. The van der Waals surface area contributed by atoms with Gasteiger partial charge >= 0.3 is 0 Å². The maximum Gasteiger partial charge on any atom is 0.237 e. The van der Waals surface area contributed by atoms with Gasteiger partial charge < -0.3 is 5.11 Å². The topological polar surface area (TPSA) is 66.4 Å². The van der Waals surface area contributed by atoms with Gasteiger partial charge in [-0.15, -0.1) is 0 Å². The second kappa shape index (κ2) is 4.43. The van der Waals surface area contributed by atoms with E-state index >= 15 is 0 Å². The molecule has 4 nitrogen and oxygen atoms in total. The van der Waals surface area contributed by atoms with Gasteiger partial charge in [-0.3, -0.25) is 4.72 Å². The van der Waals surface area contributed by atoms with Crippen molar-refractivity contribution in [2.24, 2.45) is 0 Å². The van der Waals surface area contributed by atoms with Crippen LogP contribution in [-0.4, -0.2) is 18.3 Å². The average molecular weight is 243 g/mol. The number of hydrogen-bond acceptors (Lipinski definition) is 3. The van der Waals surface area contributed by atoms with Crippen LogP contribution in [0.2, 0.25) is 0 Å². The van der Waals surface area contributed by atoms with Crippen molar-refractivity contribution in [1.82, 2.24) is 0 Å². The molecule has 0 radical (unpaired) electrons. The van der Waals surface area contributed by atoms with Crippen LogP contribution in [0.1, 0.15) is 26.3 Å². The van der Waals surface area contributed by atoms with Crippen LogP contribution in [-0.2, 0) is 16.6 Å². The lowest BCUT2D eigenvalue weighted by molar-refractivity contribution is 0.282. The summed E-state index contributed by atoms with van der Waals surface area (Å²) >= 11 is 0. The van der Waals surface area contributed by atoms with Gasteiger partial charge in [0.05, 0.1) is 11.4 Å². The zero-order valence-electron chi connectivity index (χ0n) is 9.69. The van der Waals surface area contributed by atoms with E-state index in [1.54, 1.807) is 45.0 Å². The van der Waals surface area contributed by atoms with Crippen LogP contribution in [0.4, 0.5) is 5.69 Å². The first-order valence-electron chi connectivity index (χ1n) is 4.98. The van der Waals surface area contributed by atoms with E-state index in [0.717, 1.165) is 0 Å². The van der Waals surface area contributed by atoms with Crippen molar-refractivity contribution in [3.63, 3.8) is 0 Å². The van der Waals surface area contributed by atoms with E-state index in [-0.39, 0.29) is 6.61 Å². The van der Waals surface area contributed by atoms with Gasteiger partial charge in [-0.1, -0.05) is 12.1 Å². The second-order valence-electron chi connectivity index (χ2n) is 4.58. The fourth-order valence-electron chi connectivity index (χ4n) is 1.04. The standard InChI is InChI=1S/C11H17NO3S/c1-11(2,3)16(14,15)12-10-6-4-5-9(7-10)8-13/h4-7,12-13H,8H2,1-3H3. The van der Waals surface area contributed by atoms with Gasteiger partial charge in [-0.05, 0) is 38.5 Å². The first-order valence-corrected chi connectivity index (χ1v) is 6.47. The van der Waals surface area contributed by atoms with Crippen LogP contribution in [0.15, 0.2) is 24.3 Å². The monoisotopic (exact) mass is 243 g/mol. The zero-order chi connectivity index (χ0) is 12.4. The number of aliphatic hydroxyl groups is 1. The lowest BCUT2D eigenvalue weighted by atomic mass is 10.2. The third-order valence-electron chi connectivity index (χ3n) is 2.17. The summed E-state index contributed by atoms with van der Waals surface area (Å²) < 4.78 is 25.3. The lowest BCUT2D eigenvalue weighted by Gasteiger charge is -2.20. The maximum atomic E-state index is 11.8. The summed E-state index contributed by atoms with van der Waals surface area (Å²) in [4.78, 5) is 0.